The molecule has 0 heterocycles. The van der Waals surface area contributed by atoms with Crippen LogP contribution in [0.3, 0.4) is 0 Å². The van der Waals surface area contributed by atoms with Crippen molar-refractivity contribution in [3.63, 3.8) is 0 Å². The highest BCUT2D eigenvalue weighted by Crippen LogP contribution is 2.41. The van der Waals surface area contributed by atoms with Crippen LogP contribution in [0.1, 0.15) is 29.9 Å². The van der Waals surface area contributed by atoms with Crippen LogP contribution in [0.4, 0.5) is 0 Å². The van der Waals surface area contributed by atoms with Crippen LogP contribution in [0.25, 0.3) is 0 Å². The molecule has 1 aliphatic carbocycles. The molecule has 3 heteroatoms. The third kappa shape index (κ3) is 3.72. The van der Waals surface area contributed by atoms with E-state index >= 15 is 0 Å². The largest absolute Gasteiger partial charge is 0.497 e. The molecule has 0 atom stereocenters. The maximum absolute atomic E-state index is 5.35. The lowest BCUT2D eigenvalue weighted by Crippen LogP contribution is -2.18. The van der Waals surface area contributed by atoms with Crippen LogP contribution in [0.15, 0.2) is 18.2 Å². The van der Waals surface area contributed by atoms with Gasteiger partial charge in [-0.15, -0.1) is 0 Å². The predicted octanol–water partition coefficient (Wildman–Crippen LogP) is 2.31. The lowest BCUT2D eigenvalue weighted by molar-refractivity contribution is 0.199. The Morgan fingerprint density at radius 2 is 2.06 bits per heavy atom. The Labute approximate surface area is 103 Å². The summed E-state index contributed by atoms with van der Waals surface area (Å²) in [7, 11) is 3.45. The summed E-state index contributed by atoms with van der Waals surface area (Å²) in [4.78, 5) is 0. The van der Waals surface area contributed by atoms with E-state index in [9.17, 15) is 0 Å². The quantitative estimate of drug-likeness (QED) is 0.736. The Kier molecular flexibility index (Phi) is 4.40. The summed E-state index contributed by atoms with van der Waals surface area (Å²) in [6.07, 6.45) is 2.65. The van der Waals surface area contributed by atoms with Gasteiger partial charge in [0.2, 0.25) is 0 Å². The number of benzene rings is 1. The Morgan fingerprint density at radius 1 is 1.24 bits per heavy atom. The van der Waals surface area contributed by atoms with Crippen molar-refractivity contribution in [1.29, 1.82) is 0 Å². The summed E-state index contributed by atoms with van der Waals surface area (Å²) in [5.74, 6) is 1.74. The fourth-order valence-electron chi connectivity index (χ4n) is 1.97. The van der Waals surface area contributed by atoms with Gasteiger partial charge in [-0.2, -0.15) is 0 Å². The van der Waals surface area contributed by atoms with Crippen molar-refractivity contribution in [2.75, 3.05) is 27.4 Å². The molecule has 0 bridgehead atoms. The van der Waals surface area contributed by atoms with E-state index in [-0.39, 0.29) is 0 Å². The van der Waals surface area contributed by atoms with Gasteiger partial charge in [-0.25, -0.2) is 0 Å². The molecule has 0 amide bonds. The van der Waals surface area contributed by atoms with E-state index in [1.165, 1.54) is 24.0 Å². The molecule has 0 saturated heterocycles. The third-order valence-corrected chi connectivity index (χ3v) is 3.09. The Morgan fingerprint density at radius 3 is 2.71 bits per heavy atom. The number of hydrogen-bond donors (Lipinski definition) is 1. The molecule has 17 heavy (non-hydrogen) atoms. The topological polar surface area (TPSA) is 30.5 Å². The Bertz CT molecular complexity index is 361. The Balaban J connectivity index is 1.97. The van der Waals surface area contributed by atoms with Gasteiger partial charge in [-0.3, -0.25) is 0 Å². The monoisotopic (exact) mass is 235 g/mol. The van der Waals surface area contributed by atoms with E-state index in [0.717, 1.165) is 31.4 Å². The molecule has 0 unspecified atom stereocenters. The second-order valence-corrected chi connectivity index (χ2v) is 4.56. The zero-order valence-corrected chi connectivity index (χ0v) is 10.7. The van der Waals surface area contributed by atoms with Gasteiger partial charge in [-0.1, -0.05) is 6.07 Å². The van der Waals surface area contributed by atoms with E-state index < -0.39 is 0 Å². The van der Waals surface area contributed by atoms with Crippen molar-refractivity contribution in [2.45, 2.75) is 25.3 Å². The van der Waals surface area contributed by atoms with Crippen molar-refractivity contribution >= 4 is 0 Å². The third-order valence-electron chi connectivity index (χ3n) is 3.09. The van der Waals surface area contributed by atoms with E-state index in [2.05, 4.69) is 23.5 Å². The minimum Gasteiger partial charge on any atom is -0.497 e. The highest BCUT2D eigenvalue weighted by Gasteiger charge is 2.24. The first kappa shape index (κ1) is 12.4. The van der Waals surface area contributed by atoms with Crippen LogP contribution in [0.2, 0.25) is 0 Å². The van der Waals surface area contributed by atoms with Gasteiger partial charge >= 0.3 is 0 Å². The molecule has 1 aromatic carbocycles. The number of rotatable bonds is 7. The van der Waals surface area contributed by atoms with Gasteiger partial charge in [0.1, 0.15) is 5.75 Å². The molecule has 0 aliphatic heterocycles. The van der Waals surface area contributed by atoms with Crippen LogP contribution >= 0.6 is 0 Å². The lowest BCUT2D eigenvalue weighted by atomic mass is 10.1. The van der Waals surface area contributed by atoms with Crippen molar-refractivity contribution in [3.05, 3.63) is 29.3 Å². The molecular weight excluding hydrogens is 214 g/mol. The van der Waals surface area contributed by atoms with Gasteiger partial charge < -0.3 is 14.8 Å². The molecule has 2 rings (SSSR count). The molecule has 3 nitrogen and oxygen atoms in total. The van der Waals surface area contributed by atoms with Crippen LogP contribution in [0.5, 0.6) is 5.75 Å². The lowest BCUT2D eigenvalue weighted by Gasteiger charge is -2.09. The average molecular weight is 235 g/mol. The van der Waals surface area contributed by atoms with Gasteiger partial charge in [0.05, 0.1) is 13.7 Å². The van der Waals surface area contributed by atoms with Gasteiger partial charge in [-0.05, 0) is 42.0 Å². The molecule has 1 saturated carbocycles. The van der Waals surface area contributed by atoms with Gasteiger partial charge in [0, 0.05) is 20.2 Å². The zero-order chi connectivity index (χ0) is 12.1. The maximum atomic E-state index is 5.35. The molecule has 94 valence electrons. The fourth-order valence-corrected chi connectivity index (χ4v) is 1.97. The summed E-state index contributed by atoms with van der Waals surface area (Å²) >= 11 is 0. The van der Waals surface area contributed by atoms with E-state index in [1.54, 1.807) is 14.2 Å². The first-order valence-corrected chi connectivity index (χ1v) is 6.21. The molecule has 1 fully saturated rings. The number of hydrogen-bond acceptors (Lipinski definition) is 3. The average Bonchev–Trinajstić information content (AvgIpc) is 3.18. The number of ether oxygens (including phenoxy) is 2. The molecule has 0 spiro atoms. The van der Waals surface area contributed by atoms with Crippen molar-refractivity contribution in [2.24, 2.45) is 0 Å². The van der Waals surface area contributed by atoms with Crippen LogP contribution in [-0.4, -0.2) is 27.4 Å². The normalized spacial score (nSPS) is 14.9. The highest BCUT2D eigenvalue weighted by atomic mass is 16.5. The maximum Gasteiger partial charge on any atom is 0.119 e. The van der Waals surface area contributed by atoms with Crippen LogP contribution < -0.4 is 10.1 Å². The van der Waals surface area contributed by atoms with Crippen LogP contribution in [0, 0.1) is 0 Å². The summed E-state index contributed by atoms with van der Waals surface area (Å²) in [5, 5.41) is 3.36. The number of nitrogens with one attached hydrogen (secondary N) is 1. The predicted molar refractivity (Wildman–Crippen MR) is 68.6 cm³/mol. The van der Waals surface area contributed by atoms with Gasteiger partial charge in [0.15, 0.2) is 0 Å². The fraction of sp³-hybridized carbons (Fsp3) is 0.571. The van der Waals surface area contributed by atoms with E-state index in [4.69, 9.17) is 9.47 Å². The van der Waals surface area contributed by atoms with Gasteiger partial charge in [0.25, 0.3) is 0 Å². The molecular formula is C14H21NO2. The minimum atomic E-state index is 0.749. The summed E-state index contributed by atoms with van der Waals surface area (Å²) in [6, 6.07) is 6.56. The van der Waals surface area contributed by atoms with Crippen molar-refractivity contribution < 1.29 is 9.47 Å². The van der Waals surface area contributed by atoms with E-state index in [1.807, 2.05) is 0 Å². The number of methoxy groups -OCH3 is 2. The smallest absolute Gasteiger partial charge is 0.119 e. The highest BCUT2D eigenvalue weighted by molar-refractivity contribution is 5.37. The standard InChI is InChI=1S/C14H21NO2/c1-16-6-5-15-10-11-7-13(12-3-4-12)9-14(8-11)17-2/h7-9,12,15H,3-6,10H2,1-2H3. The second kappa shape index (κ2) is 6.03. The summed E-state index contributed by atoms with van der Waals surface area (Å²) in [6.45, 7) is 2.51. The van der Waals surface area contributed by atoms with Crippen molar-refractivity contribution in [3.8, 4) is 5.75 Å². The minimum absolute atomic E-state index is 0.749. The SMILES string of the molecule is COCCNCc1cc(OC)cc(C2CC2)c1. The molecule has 0 aromatic heterocycles. The molecule has 1 aliphatic rings. The first-order chi connectivity index (χ1) is 8.33. The molecule has 1 N–H and O–H groups in total. The zero-order valence-electron chi connectivity index (χ0n) is 10.7. The molecule has 1 aromatic rings. The van der Waals surface area contributed by atoms with E-state index in [0.29, 0.717) is 0 Å². The Hall–Kier alpha value is -1.06. The van der Waals surface area contributed by atoms with Crippen molar-refractivity contribution in [1.82, 2.24) is 5.32 Å². The summed E-state index contributed by atoms with van der Waals surface area (Å²) < 4.78 is 10.4. The summed E-state index contributed by atoms with van der Waals surface area (Å²) in [5.41, 5.74) is 2.72. The van der Waals surface area contributed by atoms with Crippen LogP contribution in [-0.2, 0) is 11.3 Å². The first-order valence-electron chi connectivity index (χ1n) is 6.21. The molecule has 0 radical (unpaired) electrons. The second-order valence-electron chi connectivity index (χ2n) is 4.56.